The number of rotatable bonds is 4. The normalized spacial score (nSPS) is 13.2. The molecular formula is C7H14INO2. The van der Waals surface area contributed by atoms with Crippen molar-refractivity contribution in [3.8, 4) is 0 Å². The molecule has 0 rings (SSSR count). The minimum Gasteiger partial charge on any atom is -0.394 e. The summed E-state index contributed by atoms with van der Waals surface area (Å²) in [6.45, 7) is 4.14. The van der Waals surface area contributed by atoms with Gasteiger partial charge in [-0.05, 0) is 12.3 Å². The first-order valence-electron chi connectivity index (χ1n) is 3.63. The summed E-state index contributed by atoms with van der Waals surface area (Å²) in [5.74, 6) is 0.496. The average Bonchev–Trinajstić information content (AvgIpc) is 1.84. The Bertz CT molecular complexity index is 128. The van der Waals surface area contributed by atoms with Crippen molar-refractivity contribution in [2.24, 2.45) is 5.92 Å². The molecule has 3 nitrogen and oxygen atoms in total. The van der Waals surface area contributed by atoms with E-state index in [1.807, 2.05) is 0 Å². The fraction of sp³-hybridized carbons (Fsp3) is 0.857. The minimum atomic E-state index is -0.109. The van der Waals surface area contributed by atoms with Crippen LogP contribution in [0.5, 0.6) is 0 Å². The Morgan fingerprint density at radius 2 is 2.18 bits per heavy atom. The largest absolute Gasteiger partial charge is 0.394 e. The van der Waals surface area contributed by atoms with Crippen LogP contribution < -0.4 is 5.32 Å². The van der Waals surface area contributed by atoms with E-state index in [9.17, 15) is 4.79 Å². The van der Waals surface area contributed by atoms with Gasteiger partial charge < -0.3 is 10.4 Å². The molecule has 1 unspecified atom stereocenters. The van der Waals surface area contributed by atoms with E-state index in [2.05, 4.69) is 19.2 Å². The number of carbonyl (C=O) groups excluding carboxylic acids is 1. The van der Waals surface area contributed by atoms with E-state index in [-0.39, 0.29) is 16.6 Å². The molecule has 0 saturated heterocycles. The summed E-state index contributed by atoms with van der Waals surface area (Å²) >= 11 is 1.67. The molecule has 4 heteroatoms. The van der Waals surface area contributed by atoms with Gasteiger partial charge >= 0.3 is 0 Å². The molecule has 0 aromatic rings. The maximum absolute atomic E-state index is 10.6. The van der Waals surface area contributed by atoms with Crippen LogP contribution in [0.1, 0.15) is 20.3 Å². The zero-order chi connectivity index (χ0) is 8.85. The van der Waals surface area contributed by atoms with Gasteiger partial charge in [0.1, 0.15) is 0 Å². The van der Waals surface area contributed by atoms with Crippen molar-refractivity contribution in [1.82, 2.24) is 5.32 Å². The molecule has 0 saturated carbocycles. The van der Waals surface area contributed by atoms with Crippen LogP contribution in [-0.4, -0.2) is 21.7 Å². The van der Waals surface area contributed by atoms with Crippen molar-refractivity contribution >= 4 is 26.5 Å². The van der Waals surface area contributed by atoms with Gasteiger partial charge in [0.15, 0.2) is 0 Å². The minimum absolute atomic E-state index is 0.0208. The number of aliphatic hydroxyl groups excluding tert-OH is 1. The topological polar surface area (TPSA) is 49.3 Å². The molecule has 11 heavy (non-hydrogen) atoms. The van der Waals surface area contributed by atoms with Gasteiger partial charge in [-0.25, -0.2) is 0 Å². The van der Waals surface area contributed by atoms with Crippen molar-refractivity contribution in [2.75, 3.05) is 6.61 Å². The smallest absolute Gasteiger partial charge is 0.280 e. The predicted octanol–water partition coefficient (Wildman–Crippen LogP) is 1.54. The quantitative estimate of drug-likeness (QED) is 0.463. The fourth-order valence-corrected chi connectivity index (χ4v) is 1.35. The summed E-state index contributed by atoms with van der Waals surface area (Å²) < 4.78 is -0.109. The van der Waals surface area contributed by atoms with Gasteiger partial charge in [0, 0.05) is 22.6 Å². The first-order valence-corrected chi connectivity index (χ1v) is 4.71. The molecule has 1 amide bonds. The molecule has 0 fully saturated rings. The molecule has 0 aromatic carbocycles. The van der Waals surface area contributed by atoms with Crippen molar-refractivity contribution in [3.05, 3.63) is 0 Å². The molecule has 0 heterocycles. The van der Waals surface area contributed by atoms with Gasteiger partial charge in [-0.1, -0.05) is 13.8 Å². The van der Waals surface area contributed by atoms with Crippen LogP contribution in [-0.2, 0) is 0 Å². The molecule has 0 aliphatic carbocycles. The number of nitrogens with one attached hydrogen (secondary N) is 1. The Morgan fingerprint density at radius 1 is 1.64 bits per heavy atom. The van der Waals surface area contributed by atoms with Crippen LogP contribution in [0.3, 0.4) is 0 Å². The highest BCUT2D eigenvalue weighted by Crippen LogP contribution is 2.04. The molecule has 0 aliphatic heterocycles. The lowest BCUT2D eigenvalue weighted by Crippen LogP contribution is -2.35. The highest BCUT2D eigenvalue weighted by atomic mass is 127. The lowest BCUT2D eigenvalue weighted by atomic mass is 10.1. The van der Waals surface area contributed by atoms with Gasteiger partial charge in [-0.3, -0.25) is 4.79 Å². The van der Waals surface area contributed by atoms with E-state index in [0.717, 1.165) is 6.42 Å². The number of aliphatic hydroxyl groups is 1. The van der Waals surface area contributed by atoms with E-state index in [1.54, 1.807) is 22.6 Å². The number of halogens is 1. The summed E-state index contributed by atoms with van der Waals surface area (Å²) in [5, 5.41) is 11.5. The second-order valence-corrected chi connectivity index (χ2v) is 3.91. The van der Waals surface area contributed by atoms with Crippen molar-refractivity contribution < 1.29 is 9.90 Å². The Labute approximate surface area is 80.7 Å². The SMILES string of the molecule is CC(C)CC(CO)NC(=O)I. The summed E-state index contributed by atoms with van der Waals surface area (Å²) in [6, 6.07) is -0.0839. The molecule has 0 aromatic heterocycles. The molecule has 66 valence electrons. The first kappa shape index (κ1) is 11.2. The Balaban J connectivity index is 3.66. The van der Waals surface area contributed by atoms with Crippen LogP contribution >= 0.6 is 22.6 Å². The monoisotopic (exact) mass is 271 g/mol. The van der Waals surface area contributed by atoms with Gasteiger partial charge in [0.05, 0.1) is 12.6 Å². The zero-order valence-corrected chi connectivity index (χ0v) is 8.96. The molecule has 0 spiro atoms. The standard InChI is InChI=1S/C7H14INO2/c1-5(2)3-6(4-10)9-7(8)11/h5-6,10H,3-4H2,1-2H3,(H,9,11). The lowest BCUT2D eigenvalue weighted by molar-refractivity contribution is 0.220. The summed E-state index contributed by atoms with van der Waals surface area (Å²) in [5.41, 5.74) is 0. The summed E-state index contributed by atoms with van der Waals surface area (Å²) in [6.07, 6.45) is 0.825. The molecular weight excluding hydrogens is 257 g/mol. The second-order valence-electron chi connectivity index (χ2n) is 2.93. The van der Waals surface area contributed by atoms with Crippen LogP contribution in [0.15, 0.2) is 0 Å². The molecule has 1 atom stereocenters. The molecule has 0 bridgehead atoms. The van der Waals surface area contributed by atoms with E-state index in [1.165, 1.54) is 0 Å². The van der Waals surface area contributed by atoms with Crippen molar-refractivity contribution in [3.63, 3.8) is 0 Å². The number of carbonyl (C=O) groups is 1. The van der Waals surface area contributed by atoms with Gasteiger partial charge in [0.2, 0.25) is 0 Å². The van der Waals surface area contributed by atoms with Crippen LogP contribution in [0, 0.1) is 5.92 Å². The number of hydrogen-bond donors (Lipinski definition) is 2. The Hall–Kier alpha value is 0.160. The van der Waals surface area contributed by atoms with Crippen LogP contribution in [0.25, 0.3) is 0 Å². The number of hydrogen-bond acceptors (Lipinski definition) is 2. The highest BCUT2D eigenvalue weighted by Gasteiger charge is 2.10. The predicted molar refractivity (Wildman–Crippen MR) is 52.9 cm³/mol. The fourth-order valence-electron chi connectivity index (χ4n) is 0.909. The number of amides is 1. The van der Waals surface area contributed by atoms with E-state index in [0.29, 0.717) is 5.92 Å². The maximum atomic E-state index is 10.6. The molecule has 0 radical (unpaired) electrons. The third-order valence-corrected chi connectivity index (χ3v) is 1.61. The van der Waals surface area contributed by atoms with Gasteiger partial charge in [0.25, 0.3) is 3.91 Å². The summed E-state index contributed by atoms with van der Waals surface area (Å²) in [4.78, 5) is 10.6. The first-order chi connectivity index (χ1) is 5.06. The lowest BCUT2D eigenvalue weighted by Gasteiger charge is -2.16. The van der Waals surface area contributed by atoms with Gasteiger partial charge in [-0.15, -0.1) is 0 Å². The molecule has 2 N–H and O–H groups in total. The Morgan fingerprint density at radius 3 is 2.45 bits per heavy atom. The second kappa shape index (κ2) is 5.77. The maximum Gasteiger partial charge on any atom is 0.280 e. The Kier molecular flexibility index (Phi) is 5.85. The third kappa shape index (κ3) is 6.55. The highest BCUT2D eigenvalue weighted by molar-refractivity contribution is 14.1. The van der Waals surface area contributed by atoms with Crippen molar-refractivity contribution in [2.45, 2.75) is 26.3 Å². The van der Waals surface area contributed by atoms with Crippen molar-refractivity contribution in [1.29, 1.82) is 0 Å². The zero-order valence-electron chi connectivity index (χ0n) is 6.80. The third-order valence-electron chi connectivity index (χ3n) is 1.29. The summed E-state index contributed by atoms with van der Waals surface area (Å²) in [7, 11) is 0. The molecule has 0 aliphatic rings. The van der Waals surface area contributed by atoms with E-state index < -0.39 is 0 Å². The van der Waals surface area contributed by atoms with Crippen LogP contribution in [0.2, 0.25) is 0 Å². The van der Waals surface area contributed by atoms with E-state index in [4.69, 9.17) is 5.11 Å². The van der Waals surface area contributed by atoms with E-state index >= 15 is 0 Å². The van der Waals surface area contributed by atoms with Crippen LogP contribution in [0.4, 0.5) is 4.79 Å². The average molecular weight is 271 g/mol. The van der Waals surface area contributed by atoms with Gasteiger partial charge in [-0.2, -0.15) is 0 Å².